The van der Waals surface area contributed by atoms with Crippen LogP contribution in [0.2, 0.25) is 0 Å². The molecule has 1 aliphatic rings. The van der Waals surface area contributed by atoms with Crippen molar-refractivity contribution in [1.29, 1.82) is 0 Å². The minimum Gasteiger partial charge on any atom is -0.376 e. The van der Waals surface area contributed by atoms with Gasteiger partial charge in [0.1, 0.15) is 12.1 Å². The quantitative estimate of drug-likeness (QED) is 0.854. The van der Waals surface area contributed by atoms with Crippen LogP contribution in [-0.4, -0.2) is 36.3 Å². The summed E-state index contributed by atoms with van der Waals surface area (Å²) >= 11 is 3.45. The Hall–Kier alpha value is -0.680. The number of rotatable bonds is 3. The first-order chi connectivity index (χ1) is 7.77. The van der Waals surface area contributed by atoms with Crippen molar-refractivity contribution in [3.63, 3.8) is 0 Å². The van der Waals surface area contributed by atoms with Gasteiger partial charge in [-0.3, -0.25) is 0 Å². The van der Waals surface area contributed by atoms with Crippen molar-refractivity contribution in [2.24, 2.45) is 0 Å². The number of ether oxygens (including phenoxy) is 1. The third kappa shape index (κ3) is 2.92. The first kappa shape index (κ1) is 11.8. The molecule has 0 saturated carbocycles. The minimum absolute atomic E-state index is 0.334. The van der Waals surface area contributed by atoms with Gasteiger partial charge in [-0.2, -0.15) is 0 Å². The van der Waals surface area contributed by atoms with Crippen LogP contribution in [0.1, 0.15) is 19.3 Å². The Morgan fingerprint density at radius 3 is 3.12 bits per heavy atom. The molecule has 4 nitrogen and oxygen atoms in total. The van der Waals surface area contributed by atoms with Gasteiger partial charge in [-0.25, -0.2) is 9.97 Å². The van der Waals surface area contributed by atoms with Gasteiger partial charge >= 0.3 is 0 Å². The van der Waals surface area contributed by atoms with Crippen molar-refractivity contribution in [3.05, 3.63) is 17.0 Å². The number of likely N-dealkylation sites (N-methyl/N-ethyl adjacent to an activating group) is 1. The summed E-state index contributed by atoms with van der Waals surface area (Å²) in [5, 5.41) is 0. The van der Waals surface area contributed by atoms with Gasteiger partial charge in [0.2, 0.25) is 0 Å². The lowest BCUT2D eigenvalue weighted by molar-refractivity contribution is 0.0215. The molecule has 0 amide bonds. The van der Waals surface area contributed by atoms with E-state index < -0.39 is 0 Å². The van der Waals surface area contributed by atoms with E-state index in [1.54, 1.807) is 12.5 Å². The van der Waals surface area contributed by atoms with Crippen LogP contribution in [0.4, 0.5) is 5.82 Å². The maximum Gasteiger partial charge on any atom is 0.146 e. The molecule has 0 radical (unpaired) electrons. The molecule has 1 unspecified atom stereocenters. The Labute approximate surface area is 104 Å². The van der Waals surface area contributed by atoms with Crippen LogP contribution in [0.5, 0.6) is 0 Å². The molecule has 1 aliphatic heterocycles. The van der Waals surface area contributed by atoms with Gasteiger partial charge in [-0.15, -0.1) is 0 Å². The zero-order valence-electron chi connectivity index (χ0n) is 9.40. The fraction of sp³-hybridized carbons (Fsp3) is 0.636. The third-order valence-corrected chi connectivity index (χ3v) is 3.32. The molecule has 0 spiro atoms. The third-order valence-electron chi connectivity index (χ3n) is 2.76. The Kier molecular flexibility index (Phi) is 4.12. The smallest absolute Gasteiger partial charge is 0.146 e. The number of aromatic nitrogens is 2. The predicted octanol–water partition coefficient (Wildman–Crippen LogP) is 2.24. The molecular weight excluding hydrogens is 270 g/mol. The van der Waals surface area contributed by atoms with Crippen molar-refractivity contribution in [3.8, 4) is 0 Å². The van der Waals surface area contributed by atoms with E-state index >= 15 is 0 Å². The molecule has 2 rings (SSSR count). The Balaban J connectivity index is 1.96. The van der Waals surface area contributed by atoms with Crippen LogP contribution in [0.15, 0.2) is 17.0 Å². The summed E-state index contributed by atoms with van der Waals surface area (Å²) in [6.45, 7) is 1.78. The Bertz CT molecular complexity index is 342. The lowest BCUT2D eigenvalue weighted by Gasteiger charge is -2.28. The fourth-order valence-electron chi connectivity index (χ4n) is 1.93. The van der Waals surface area contributed by atoms with Gasteiger partial charge in [-0.05, 0) is 35.2 Å². The van der Waals surface area contributed by atoms with E-state index in [4.69, 9.17) is 4.74 Å². The highest BCUT2D eigenvalue weighted by molar-refractivity contribution is 9.10. The molecule has 0 aromatic carbocycles. The summed E-state index contributed by atoms with van der Waals surface area (Å²) in [6, 6.07) is 0. The molecule has 2 heterocycles. The summed E-state index contributed by atoms with van der Waals surface area (Å²) in [5.41, 5.74) is 0. The lowest BCUT2D eigenvalue weighted by Crippen LogP contribution is -2.33. The minimum atomic E-state index is 0.334. The van der Waals surface area contributed by atoms with E-state index in [1.165, 1.54) is 12.8 Å². The molecule has 1 aromatic rings. The van der Waals surface area contributed by atoms with Crippen molar-refractivity contribution >= 4 is 21.7 Å². The average molecular weight is 286 g/mol. The van der Waals surface area contributed by atoms with Crippen molar-refractivity contribution in [2.75, 3.05) is 25.1 Å². The zero-order valence-corrected chi connectivity index (χ0v) is 11.0. The van der Waals surface area contributed by atoms with Crippen LogP contribution >= 0.6 is 15.9 Å². The normalized spacial score (nSPS) is 20.8. The maximum atomic E-state index is 5.71. The van der Waals surface area contributed by atoms with Gasteiger partial charge in [0.15, 0.2) is 0 Å². The van der Waals surface area contributed by atoms with Crippen LogP contribution in [-0.2, 0) is 4.74 Å². The molecule has 16 heavy (non-hydrogen) atoms. The second-order valence-electron chi connectivity index (χ2n) is 4.06. The van der Waals surface area contributed by atoms with Gasteiger partial charge < -0.3 is 9.64 Å². The second-order valence-corrected chi connectivity index (χ2v) is 4.92. The van der Waals surface area contributed by atoms with E-state index in [9.17, 15) is 0 Å². The summed E-state index contributed by atoms with van der Waals surface area (Å²) in [5.74, 6) is 0.921. The van der Waals surface area contributed by atoms with E-state index in [0.717, 1.165) is 29.9 Å². The first-order valence-corrected chi connectivity index (χ1v) is 6.35. The highest BCUT2D eigenvalue weighted by Crippen LogP contribution is 2.22. The zero-order chi connectivity index (χ0) is 11.4. The molecule has 5 heteroatoms. The summed E-state index contributed by atoms with van der Waals surface area (Å²) in [6.07, 6.45) is 7.27. The molecule has 0 N–H and O–H groups in total. The molecule has 1 fully saturated rings. The Morgan fingerprint density at radius 2 is 2.44 bits per heavy atom. The summed E-state index contributed by atoms with van der Waals surface area (Å²) in [7, 11) is 2.03. The average Bonchev–Trinajstić information content (AvgIpc) is 2.31. The highest BCUT2D eigenvalue weighted by Gasteiger charge is 2.17. The van der Waals surface area contributed by atoms with E-state index in [0.29, 0.717) is 6.10 Å². The molecule has 1 atom stereocenters. The van der Waals surface area contributed by atoms with Crippen LogP contribution < -0.4 is 4.90 Å². The predicted molar refractivity (Wildman–Crippen MR) is 66.6 cm³/mol. The highest BCUT2D eigenvalue weighted by atomic mass is 79.9. The van der Waals surface area contributed by atoms with Crippen LogP contribution in [0, 0.1) is 0 Å². The largest absolute Gasteiger partial charge is 0.376 e. The Morgan fingerprint density at radius 1 is 1.56 bits per heavy atom. The number of hydrogen-bond donors (Lipinski definition) is 0. The van der Waals surface area contributed by atoms with Crippen molar-refractivity contribution < 1.29 is 4.74 Å². The summed E-state index contributed by atoms with van der Waals surface area (Å²) < 4.78 is 6.63. The molecule has 88 valence electrons. The van der Waals surface area contributed by atoms with Gasteiger partial charge in [0.25, 0.3) is 0 Å². The van der Waals surface area contributed by atoms with Crippen LogP contribution in [0.3, 0.4) is 0 Å². The number of anilines is 1. The number of hydrogen-bond acceptors (Lipinski definition) is 4. The van der Waals surface area contributed by atoms with Gasteiger partial charge in [-0.1, -0.05) is 0 Å². The molecular formula is C11H16BrN3O. The molecule has 0 bridgehead atoms. The number of halogens is 1. The first-order valence-electron chi connectivity index (χ1n) is 5.55. The van der Waals surface area contributed by atoms with Crippen LogP contribution in [0.25, 0.3) is 0 Å². The second kappa shape index (κ2) is 5.59. The van der Waals surface area contributed by atoms with Gasteiger partial charge in [0.05, 0.1) is 10.6 Å². The van der Waals surface area contributed by atoms with Gasteiger partial charge in [0, 0.05) is 26.4 Å². The molecule has 1 saturated heterocycles. The summed E-state index contributed by atoms with van der Waals surface area (Å²) in [4.78, 5) is 10.3. The van der Waals surface area contributed by atoms with E-state index in [1.807, 2.05) is 7.05 Å². The van der Waals surface area contributed by atoms with Crippen molar-refractivity contribution in [2.45, 2.75) is 25.4 Å². The maximum absolute atomic E-state index is 5.71. The topological polar surface area (TPSA) is 38.2 Å². The SMILES string of the molecule is CN(CC1CCCCO1)c1ncncc1Br. The molecule has 0 aliphatic carbocycles. The van der Waals surface area contributed by atoms with E-state index in [-0.39, 0.29) is 0 Å². The standard InChI is InChI=1S/C11H16BrN3O/c1-15(7-9-4-2-3-5-16-9)11-10(12)6-13-8-14-11/h6,8-9H,2-5,7H2,1H3. The lowest BCUT2D eigenvalue weighted by atomic mass is 10.1. The fourth-order valence-corrected chi connectivity index (χ4v) is 2.45. The monoisotopic (exact) mass is 285 g/mol. The van der Waals surface area contributed by atoms with Crippen molar-refractivity contribution in [1.82, 2.24) is 9.97 Å². The molecule has 1 aromatic heterocycles. The van der Waals surface area contributed by atoms with E-state index in [2.05, 4.69) is 30.8 Å². The number of nitrogens with zero attached hydrogens (tertiary/aromatic N) is 3.